The van der Waals surface area contributed by atoms with Crippen LogP contribution in [0.2, 0.25) is 0 Å². The Morgan fingerprint density at radius 1 is 1.50 bits per heavy atom. The Hall–Kier alpha value is -1.22. The van der Waals surface area contributed by atoms with Gasteiger partial charge in [-0.3, -0.25) is 4.79 Å². The van der Waals surface area contributed by atoms with Gasteiger partial charge in [0.25, 0.3) is 0 Å². The van der Waals surface area contributed by atoms with E-state index in [4.69, 9.17) is 0 Å². The van der Waals surface area contributed by atoms with Gasteiger partial charge in [0.15, 0.2) is 24.7 Å². The van der Waals surface area contributed by atoms with Gasteiger partial charge in [-0.2, -0.15) is 0 Å². The summed E-state index contributed by atoms with van der Waals surface area (Å²) in [7, 11) is 4.07. The van der Waals surface area contributed by atoms with Gasteiger partial charge >= 0.3 is 0 Å². The molecule has 0 saturated heterocycles. The SMILES string of the molecule is CC(=O)c1ccc[n+](CCN(C)C)c1. The summed E-state index contributed by atoms with van der Waals surface area (Å²) >= 11 is 0. The highest BCUT2D eigenvalue weighted by molar-refractivity contribution is 5.93. The fraction of sp³-hybridized carbons (Fsp3) is 0.455. The Balaban J connectivity index is 2.69. The van der Waals surface area contributed by atoms with Gasteiger partial charge in [-0.1, -0.05) is 0 Å². The maximum absolute atomic E-state index is 11.1. The van der Waals surface area contributed by atoms with Crippen molar-refractivity contribution in [1.29, 1.82) is 0 Å². The molecule has 1 aromatic heterocycles. The molecular weight excluding hydrogens is 176 g/mol. The van der Waals surface area contributed by atoms with Gasteiger partial charge in [-0.15, -0.1) is 0 Å². The predicted molar refractivity (Wildman–Crippen MR) is 55.2 cm³/mol. The van der Waals surface area contributed by atoms with Crippen molar-refractivity contribution < 1.29 is 9.36 Å². The molecule has 0 spiro atoms. The molecule has 1 rings (SSSR count). The van der Waals surface area contributed by atoms with Crippen molar-refractivity contribution in [3.63, 3.8) is 0 Å². The number of carbonyl (C=O) groups is 1. The maximum Gasteiger partial charge on any atom is 0.179 e. The third-order valence-corrected chi connectivity index (χ3v) is 2.07. The number of ketones is 1. The molecule has 0 aliphatic rings. The van der Waals surface area contributed by atoms with Crippen LogP contribution in [-0.2, 0) is 6.54 Å². The average molecular weight is 193 g/mol. The Morgan fingerprint density at radius 3 is 2.79 bits per heavy atom. The van der Waals surface area contributed by atoms with E-state index in [0.717, 1.165) is 18.7 Å². The lowest BCUT2D eigenvalue weighted by Gasteiger charge is -2.05. The largest absolute Gasteiger partial charge is 0.303 e. The Kier molecular flexibility index (Phi) is 3.77. The topological polar surface area (TPSA) is 24.2 Å². The van der Waals surface area contributed by atoms with E-state index in [1.54, 1.807) is 6.92 Å². The summed E-state index contributed by atoms with van der Waals surface area (Å²) in [5.74, 6) is 0.115. The maximum atomic E-state index is 11.1. The lowest BCUT2D eigenvalue weighted by atomic mass is 10.2. The lowest BCUT2D eigenvalue weighted by molar-refractivity contribution is -0.696. The first-order valence-corrected chi connectivity index (χ1v) is 4.74. The number of hydrogen-bond donors (Lipinski definition) is 0. The van der Waals surface area contributed by atoms with E-state index in [9.17, 15) is 4.79 Å². The smallest absolute Gasteiger partial charge is 0.179 e. The van der Waals surface area contributed by atoms with E-state index >= 15 is 0 Å². The molecule has 3 nitrogen and oxygen atoms in total. The van der Waals surface area contributed by atoms with Crippen molar-refractivity contribution in [1.82, 2.24) is 4.90 Å². The molecule has 0 bridgehead atoms. The highest BCUT2D eigenvalue weighted by atomic mass is 16.1. The molecule has 1 aromatic rings. The minimum atomic E-state index is 0.115. The van der Waals surface area contributed by atoms with E-state index in [1.165, 1.54) is 0 Å². The van der Waals surface area contributed by atoms with Crippen LogP contribution in [-0.4, -0.2) is 31.3 Å². The molecule has 0 aliphatic heterocycles. The van der Waals surface area contributed by atoms with Gasteiger partial charge in [-0.25, -0.2) is 4.57 Å². The van der Waals surface area contributed by atoms with Crippen molar-refractivity contribution in [3.8, 4) is 0 Å². The zero-order chi connectivity index (χ0) is 10.6. The number of carbonyl (C=O) groups excluding carboxylic acids is 1. The van der Waals surface area contributed by atoms with Crippen molar-refractivity contribution >= 4 is 5.78 Å². The van der Waals surface area contributed by atoms with Gasteiger partial charge in [-0.05, 0) is 27.1 Å². The van der Waals surface area contributed by atoms with E-state index < -0.39 is 0 Å². The number of Topliss-reactive ketones (excluding diaryl/α,β-unsaturated/α-hetero) is 1. The molecule has 0 atom stereocenters. The van der Waals surface area contributed by atoms with E-state index in [1.807, 2.05) is 43.2 Å². The summed E-state index contributed by atoms with van der Waals surface area (Å²) in [5, 5.41) is 0. The molecule has 0 fully saturated rings. The van der Waals surface area contributed by atoms with E-state index in [2.05, 4.69) is 4.90 Å². The Labute approximate surface area is 85.0 Å². The summed E-state index contributed by atoms with van der Waals surface area (Å²) in [5.41, 5.74) is 0.770. The van der Waals surface area contributed by atoms with Crippen LogP contribution in [0.25, 0.3) is 0 Å². The Morgan fingerprint density at radius 2 is 2.21 bits per heavy atom. The molecule has 1 heterocycles. The van der Waals surface area contributed by atoms with Crippen molar-refractivity contribution in [2.45, 2.75) is 13.5 Å². The minimum absolute atomic E-state index is 0.115. The van der Waals surface area contributed by atoms with Gasteiger partial charge in [0.1, 0.15) is 0 Å². The fourth-order valence-electron chi connectivity index (χ4n) is 1.18. The van der Waals surface area contributed by atoms with Gasteiger partial charge in [0.05, 0.1) is 12.1 Å². The standard InChI is InChI=1S/C11H17N2O/c1-10(14)11-5-4-6-13(9-11)8-7-12(2)3/h4-6,9H,7-8H2,1-3H3/q+1. The van der Waals surface area contributed by atoms with Crippen LogP contribution >= 0.6 is 0 Å². The molecule has 0 unspecified atom stereocenters. The van der Waals surface area contributed by atoms with Crippen LogP contribution in [0.15, 0.2) is 24.5 Å². The molecule has 76 valence electrons. The second-order valence-electron chi connectivity index (χ2n) is 3.69. The third kappa shape index (κ3) is 3.26. The molecule has 0 saturated carbocycles. The number of aromatic nitrogens is 1. The zero-order valence-electron chi connectivity index (χ0n) is 9.03. The summed E-state index contributed by atoms with van der Waals surface area (Å²) in [6, 6.07) is 3.75. The highest BCUT2D eigenvalue weighted by Gasteiger charge is 2.05. The summed E-state index contributed by atoms with van der Waals surface area (Å²) in [4.78, 5) is 13.2. The van der Waals surface area contributed by atoms with Crippen LogP contribution in [0.5, 0.6) is 0 Å². The van der Waals surface area contributed by atoms with Crippen LogP contribution in [0.3, 0.4) is 0 Å². The number of pyridine rings is 1. The first kappa shape index (κ1) is 10.9. The first-order chi connectivity index (χ1) is 6.59. The number of hydrogen-bond acceptors (Lipinski definition) is 2. The monoisotopic (exact) mass is 193 g/mol. The summed E-state index contributed by atoms with van der Waals surface area (Å²) in [6.45, 7) is 3.48. The van der Waals surface area contributed by atoms with Gasteiger partial charge in [0.2, 0.25) is 0 Å². The molecular formula is C11H17N2O+. The minimum Gasteiger partial charge on any atom is -0.303 e. The number of rotatable bonds is 4. The molecule has 3 heteroatoms. The molecule has 0 amide bonds. The molecule has 0 N–H and O–H groups in total. The fourth-order valence-corrected chi connectivity index (χ4v) is 1.18. The number of likely N-dealkylation sites (N-methyl/N-ethyl adjacent to an activating group) is 1. The van der Waals surface area contributed by atoms with Crippen molar-refractivity contribution in [3.05, 3.63) is 30.1 Å². The Bertz CT molecular complexity index is 321. The number of nitrogens with zero attached hydrogens (tertiary/aromatic N) is 2. The zero-order valence-corrected chi connectivity index (χ0v) is 9.03. The van der Waals surface area contributed by atoms with Crippen molar-refractivity contribution in [2.24, 2.45) is 0 Å². The van der Waals surface area contributed by atoms with Gasteiger partial charge < -0.3 is 4.90 Å². The first-order valence-electron chi connectivity index (χ1n) is 4.74. The lowest BCUT2D eigenvalue weighted by Crippen LogP contribution is -2.38. The molecule has 0 aromatic carbocycles. The highest BCUT2D eigenvalue weighted by Crippen LogP contribution is 1.94. The van der Waals surface area contributed by atoms with Crippen LogP contribution in [0, 0.1) is 0 Å². The summed E-state index contributed by atoms with van der Waals surface area (Å²) in [6.07, 6.45) is 3.88. The van der Waals surface area contributed by atoms with Crippen LogP contribution in [0.1, 0.15) is 17.3 Å². The third-order valence-electron chi connectivity index (χ3n) is 2.07. The normalized spacial score (nSPS) is 10.6. The average Bonchev–Trinajstić information content (AvgIpc) is 2.15. The van der Waals surface area contributed by atoms with Crippen LogP contribution < -0.4 is 4.57 Å². The van der Waals surface area contributed by atoms with E-state index in [-0.39, 0.29) is 5.78 Å². The second-order valence-corrected chi connectivity index (χ2v) is 3.69. The second kappa shape index (κ2) is 4.86. The van der Waals surface area contributed by atoms with Crippen LogP contribution in [0.4, 0.5) is 0 Å². The summed E-state index contributed by atoms with van der Waals surface area (Å²) < 4.78 is 2.04. The molecule has 0 aliphatic carbocycles. The quantitative estimate of drug-likeness (QED) is 0.520. The predicted octanol–water partition coefficient (Wildman–Crippen LogP) is 0.738. The molecule has 14 heavy (non-hydrogen) atoms. The molecule has 0 radical (unpaired) electrons. The van der Waals surface area contributed by atoms with Gasteiger partial charge in [0, 0.05) is 6.07 Å². The van der Waals surface area contributed by atoms with E-state index in [0.29, 0.717) is 0 Å². The van der Waals surface area contributed by atoms with Crippen molar-refractivity contribution in [2.75, 3.05) is 20.6 Å².